The van der Waals surface area contributed by atoms with Gasteiger partial charge in [0.05, 0.1) is 6.61 Å². The summed E-state index contributed by atoms with van der Waals surface area (Å²) in [6.07, 6.45) is 26.0. The molecule has 0 radical (unpaired) electrons. The van der Waals surface area contributed by atoms with Crippen molar-refractivity contribution in [2.75, 3.05) is 20.3 Å². The lowest BCUT2D eigenvalue weighted by Gasteiger charge is -2.28. The third-order valence-electron chi connectivity index (χ3n) is 6.29. The van der Waals surface area contributed by atoms with Crippen molar-refractivity contribution in [3.05, 3.63) is 0 Å². The largest absolute Gasteiger partial charge is 0.464 e. The van der Waals surface area contributed by atoms with Gasteiger partial charge in [-0.3, -0.25) is 4.90 Å². The second kappa shape index (κ2) is 23.1. The van der Waals surface area contributed by atoms with Gasteiger partial charge >= 0.3 is 12.1 Å². The van der Waals surface area contributed by atoms with Crippen molar-refractivity contribution >= 4 is 12.1 Å². The highest BCUT2D eigenvalue weighted by Crippen LogP contribution is 2.15. The summed E-state index contributed by atoms with van der Waals surface area (Å²) in [6, 6.07) is -0.653. The Hall–Kier alpha value is -1.70. The average Bonchev–Trinajstić information content (AvgIpc) is 2.81. The van der Waals surface area contributed by atoms with Crippen molar-refractivity contribution in [3.63, 3.8) is 0 Å². The Morgan fingerprint density at radius 3 is 1.59 bits per heavy atom. The summed E-state index contributed by atoms with van der Waals surface area (Å²) in [5.74, 6) is 1.99. The molecule has 0 N–H and O–H groups in total. The van der Waals surface area contributed by atoms with E-state index >= 15 is 0 Å². The molecule has 1 unspecified atom stereocenters. The fourth-order valence-corrected chi connectivity index (χ4v) is 4.20. The smallest absolute Gasteiger partial charge is 0.410 e. The van der Waals surface area contributed by atoms with Gasteiger partial charge in [-0.2, -0.15) is 0 Å². The molecule has 0 saturated heterocycles. The highest BCUT2D eigenvalue weighted by molar-refractivity contribution is 5.81. The number of likely N-dealkylation sites (N-methyl/N-ethyl adjacent to an activating group) is 1. The van der Waals surface area contributed by atoms with Gasteiger partial charge in [0.15, 0.2) is 0 Å². The fourth-order valence-electron chi connectivity index (χ4n) is 4.20. The van der Waals surface area contributed by atoms with Crippen molar-refractivity contribution in [1.82, 2.24) is 4.90 Å². The normalized spacial score (nSPS) is 11.8. The van der Waals surface area contributed by atoms with Gasteiger partial charge in [0.25, 0.3) is 0 Å². The fraction of sp³-hybridized carbons (Fsp3) is 0.862. The van der Waals surface area contributed by atoms with Crippen molar-refractivity contribution in [2.24, 2.45) is 5.92 Å². The van der Waals surface area contributed by atoms with Gasteiger partial charge in [0.1, 0.15) is 12.6 Å². The van der Waals surface area contributed by atoms with Gasteiger partial charge in [-0.15, -0.1) is 12.3 Å². The summed E-state index contributed by atoms with van der Waals surface area (Å²) >= 11 is 0. The maximum Gasteiger partial charge on any atom is 0.410 e. The number of ether oxygens (including phenoxy) is 2. The second-order valence-corrected chi connectivity index (χ2v) is 9.84. The molecule has 1 atom stereocenters. The number of terminal acetylenes is 1. The first kappa shape index (κ1) is 32.3. The maximum atomic E-state index is 12.5. The third kappa shape index (κ3) is 17.7. The standard InChI is InChI=1S/C29H53NO4/c1-6-8-10-11-12-13-14-15-16-17-18-19-20-21-22-23-25-33-28(31)27(26(3)4)30(5)29(32)34-24-9-7-2/h2,26-27H,6,8-25H2,1,3-5H3. The van der Waals surface area contributed by atoms with Gasteiger partial charge in [0.2, 0.25) is 0 Å². The molecule has 0 fully saturated rings. The molecular weight excluding hydrogens is 426 g/mol. The molecule has 5 nitrogen and oxygen atoms in total. The number of rotatable bonds is 22. The Bertz CT molecular complexity index is 541. The van der Waals surface area contributed by atoms with Gasteiger partial charge in [-0.05, 0) is 12.3 Å². The summed E-state index contributed by atoms with van der Waals surface area (Å²) in [4.78, 5) is 26.0. The minimum atomic E-state index is -0.653. The predicted molar refractivity (Wildman–Crippen MR) is 142 cm³/mol. The summed E-state index contributed by atoms with van der Waals surface area (Å²) in [6.45, 7) is 6.62. The zero-order valence-electron chi connectivity index (χ0n) is 22.7. The molecule has 0 aliphatic rings. The summed E-state index contributed by atoms with van der Waals surface area (Å²) < 4.78 is 10.6. The maximum absolute atomic E-state index is 12.5. The molecule has 5 heteroatoms. The molecule has 0 aromatic carbocycles. The van der Waals surface area contributed by atoms with E-state index in [2.05, 4.69) is 12.8 Å². The molecule has 1 amide bonds. The number of esters is 1. The zero-order chi connectivity index (χ0) is 25.4. The highest BCUT2D eigenvalue weighted by Gasteiger charge is 2.32. The summed E-state index contributed by atoms with van der Waals surface area (Å²) in [5, 5.41) is 0. The molecule has 0 bridgehead atoms. The molecule has 0 aliphatic carbocycles. The van der Waals surface area contributed by atoms with Crippen LogP contribution in [0.1, 0.15) is 130 Å². The van der Waals surface area contributed by atoms with Crippen molar-refractivity contribution in [2.45, 2.75) is 136 Å². The number of hydrogen-bond acceptors (Lipinski definition) is 4. The molecule has 0 saturated carbocycles. The minimum absolute atomic E-state index is 0.0662. The van der Waals surface area contributed by atoms with E-state index in [1.165, 1.54) is 94.8 Å². The van der Waals surface area contributed by atoms with Crippen LogP contribution in [-0.2, 0) is 14.3 Å². The van der Waals surface area contributed by atoms with E-state index in [1.54, 1.807) is 7.05 Å². The molecule has 0 rings (SSSR count). The SMILES string of the molecule is C#CCCOC(=O)N(C)C(C(=O)OCCCCCCCCCCCCCCCCCC)C(C)C. The van der Waals surface area contributed by atoms with E-state index in [0.29, 0.717) is 13.0 Å². The zero-order valence-corrected chi connectivity index (χ0v) is 22.7. The Labute approximate surface area is 210 Å². The van der Waals surface area contributed by atoms with E-state index in [9.17, 15) is 9.59 Å². The molecule has 34 heavy (non-hydrogen) atoms. The van der Waals surface area contributed by atoms with E-state index < -0.39 is 12.1 Å². The Balaban J connectivity index is 3.70. The van der Waals surface area contributed by atoms with Crippen molar-refractivity contribution in [3.8, 4) is 12.3 Å². The Morgan fingerprint density at radius 1 is 0.735 bits per heavy atom. The van der Waals surface area contributed by atoms with Crippen LogP contribution in [0.4, 0.5) is 4.79 Å². The number of unbranched alkanes of at least 4 members (excludes halogenated alkanes) is 15. The first-order chi connectivity index (χ1) is 16.5. The third-order valence-corrected chi connectivity index (χ3v) is 6.29. The number of carbonyl (C=O) groups excluding carboxylic acids is 2. The van der Waals surface area contributed by atoms with Crippen LogP contribution < -0.4 is 0 Å². The van der Waals surface area contributed by atoms with Crippen LogP contribution in [0, 0.1) is 18.3 Å². The van der Waals surface area contributed by atoms with Crippen LogP contribution in [0.15, 0.2) is 0 Å². The van der Waals surface area contributed by atoms with E-state index in [-0.39, 0.29) is 18.5 Å². The van der Waals surface area contributed by atoms with Crippen LogP contribution in [0.5, 0.6) is 0 Å². The van der Waals surface area contributed by atoms with Crippen LogP contribution in [0.2, 0.25) is 0 Å². The topological polar surface area (TPSA) is 55.8 Å². The van der Waals surface area contributed by atoms with Crippen LogP contribution in [0.25, 0.3) is 0 Å². The monoisotopic (exact) mass is 479 g/mol. The van der Waals surface area contributed by atoms with Gasteiger partial charge in [-0.1, -0.05) is 117 Å². The van der Waals surface area contributed by atoms with Crippen molar-refractivity contribution in [1.29, 1.82) is 0 Å². The predicted octanol–water partition coefficient (Wildman–Crippen LogP) is 7.91. The quantitative estimate of drug-likeness (QED) is 0.0899. The van der Waals surface area contributed by atoms with Gasteiger partial charge < -0.3 is 9.47 Å². The molecular formula is C29H53NO4. The molecule has 0 aromatic heterocycles. The summed E-state index contributed by atoms with van der Waals surface area (Å²) in [5.41, 5.74) is 0. The molecule has 0 spiro atoms. The van der Waals surface area contributed by atoms with Gasteiger partial charge in [0, 0.05) is 13.5 Å². The Kier molecular flexibility index (Phi) is 21.9. The lowest BCUT2D eigenvalue weighted by Crippen LogP contribution is -2.46. The van der Waals surface area contributed by atoms with E-state index in [0.717, 1.165) is 12.8 Å². The number of nitrogens with zero attached hydrogens (tertiary/aromatic N) is 1. The minimum Gasteiger partial charge on any atom is -0.464 e. The van der Waals surface area contributed by atoms with E-state index in [1.807, 2.05) is 13.8 Å². The average molecular weight is 480 g/mol. The second-order valence-electron chi connectivity index (χ2n) is 9.84. The highest BCUT2D eigenvalue weighted by atomic mass is 16.6. The molecule has 198 valence electrons. The number of amides is 1. The van der Waals surface area contributed by atoms with Crippen LogP contribution in [-0.4, -0.2) is 43.3 Å². The van der Waals surface area contributed by atoms with Gasteiger partial charge in [-0.25, -0.2) is 9.59 Å². The molecule has 0 heterocycles. The first-order valence-corrected chi connectivity index (χ1v) is 13.9. The van der Waals surface area contributed by atoms with E-state index in [4.69, 9.17) is 15.9 Å². The number of carbonyl (C=O) groups is 2. The summed E-state index contributed by atoms with van der Waals surface area (Å²) in [7, 11) is 1.57. The van der Waals surface area contributed by atoms with Crippen LogP contribution >= 0.6 is 0 Å². The Morgan fingerprint density at radius 2 is 1.18 bits per heavy atom. The lowest BCUT2D eigenvalue weighted by molar-refractivity contribution is -0.150. The number of hydrogen-bond donors (Lipinski definition) is 0. The van der Waals surface area contributed by atoms with Crippen LogP contribution in [0.3, 0.4) is 0 Å². The molecule has 0 aromatic rings. The van der Waals surface area contributed by atoms with Crippen molar-refractivity contribution < 1.29 is 19.1 Å². The molecule has 0 aliphatic heterocycles. The first-order valence-electron chi connectivity index (χ1n) is 13.9. The lowest BCUT2D eigenvalue weighted by atomic mass is 10.0.